The molecule has 0 spiro atoms. The summed E-state index contributed by atoms with van der Waals surface area (Å²) in [6.45, 7) is 6.82. The highest BCUT2D eigenvalue weighted by Crippen LogP contribution is 2.32. The zero-order valence-electron chi connectivity index (χ0n) is 16.1. The fourth-order valence-corrected chi connectivity index (χ4v) is 3.63. The first-order valence-electron chi connectivity index (χ1n) is 9.40. The van der Waals surface area contributed by atoms with Crippen LogP contribution in [0, 0.1) is 0 Å². The molecule has 2 aliphatic rings. The van der Waals surface area contributed by atoms with Crippen molar-refractivity contribution in [3.05, 3.63) is 71.8 Å². The van der Waals surface area contributed by atoms with Crippen LogP contribution in [0.4, 0.5) is 10.5 Å². The van der Waals surface area contributed by atoms with Crippen LogP contribution in [0.3, 0.4) is 0 Å². The van der Waals surface area contributed by atoms with E-state index in [1.807, 2.05) is 36.4 Å². The topological polar surface area (TPSA) is 79.0 Å². The average molecular weight is 391 g/mol. The molecule has 2 heterocycles. The summed E-state index contributed by atoms with van der Waals surface area (Å²) in [5.41, 5.74) is 3.41. The van der Waals surface area contributed by atoms with Gasteiger partial charge in [-0.2, -0.15) is 0 Å². The number of carbonyl (C=O) groups excluding carboxylic acids is 3. The van der Waals surface area contributed by atoms with Gasteiger partial charge in [-0.15, -0.1) is 0 Å². The number of anilines is 1. The number of carbonyl (C=O) groups is 3. The van der Waals surface area contributed by atoms with Crippen molar-refractivity contribution in [2.45, 2.75) is 19.5 Å². The van der Waals surface area contributed by atoms with Crippen LogP contribution in [-0.2, 0) is 16.1 Å². The van der Waals surface area contributed by atoms with E-state index in [1.165, 1.54) is 4.90 Å². The van der Waals surface area contributed by atoms with Gasteiger partial charge in [0.15, 0.2) is 0 Å². The molecule has 1 fully saturated rings. The molecule has 0 aromatic heterocycles. The van der Waals surface area contributed by atoms with Gasteiger partial charge >= 0.3 is 6.09 Å². The van der Waals surface area contributed by atoms with Gasteiger partial charge in [0.05, 0.1) is 6.54 Å². The minimum absolute atomic E-state index is 0.220. The lowest BCUT2D eigenvalue weighted by atomic mass is 10.1. The lowest BCUT2D eigenvalue weighted by molar-refractivity contribution is -0.124. The summed E-state index contributed by atoms with van der Waals surface area (Å²) in [5, 5.41) is 2.86. The predicted molar refractivity (Wildman–Crippen MR) is 108 cm³/mol. The molecule has 2 aliphatic heterocycles. The van der Waals surface area contributed by atoms with Crippen LogP contribution in [0.5, 0.6) is 0 Å². The molecule has 29 heavy (non-hydrogen) atoms. The molecule has 7 heteroatoms. The number of rotatable bonds is 5. The molecule has 0 aliphatic carbocycles. The van der Waals surface area contributed by atoms with E-state index in [1.54, 1.807) is 24.0 Å². The Morgan fingerprint density at radius 3 is 2.62 bits per heavy atom. The first kappa shape index (κ1) is 18.7. The van der Waals surface area contributed by atoms with Crippen LogP contribution >= 0.6 is 0 Å². The maximum absolute atomic E-state index is 12.7. The molecule has 7 nitrogen and oxygen atoms in total. The minimum atomic E-state index is -0.695. The molecule has 4 rings (SSSR count). The van der Waals surface area contributed by atoms with Gasteiger partial charge < -0.3 is 10.1 Å². The van der Waals surface area contributed by atoms with Crippen LogP contribution in [0.1, 0.15) is 28.4 Å². The summed E-state index contributed by atoms with van der Waals surface area (Å²) in [4.78, 5) is 40.1. The average Bonchev–Trinajstić information content (AvgIpc) is 3.27. The molecule has 1 atom stereocenters. The molecule has 0 bridgehead atoms. The van der Waals surface area contributed by atoms with Gasteiger partial charge in [0.25, 0.3) is 5.91 Å². The first-order valence-corrected chi connectivity index (χ1v) is 9.40. The van der Waals surface area contributed by atoms with Crippen molar-refractivity contribution in [1.82, 2.24) is 10.2 Å². The molecule has 148 valence electrons. The van der Waals surface area contributed by atoms with Crippen molar-refractivity contribution in [2.75, 3.05) is 18.1 Å². The number of hydrogen-bond donors (Lipinski definition) is 1. The number of nitrogens with one attached hydrogen (secondary N) is 1. The Morgan fingerprint density at radius 1 is 1.17 bits per heavy atom. The van der Waals surface area contributed by atoms with E-state index in [0.717, 1.165) is 16.8 Å². The van der Waals surface area contributed by atoms with E-state index in [9.17, 15) is 14.4 Å². The third-order valence-electron chi connectivity index (χ3n) is 5.19. The molecule has 2 aromatic carbocycles. The summed E-state index contributed by atoms with van der Waals surface area (Å²) < 4.78 is 4.96. The molecule has 0 unspecified atom stereocenters. The summed E-state index contributed by atoms with van der Waals surface area (Å²) in [6, 6.07) is 13.9. The Kier molecular flexibility index (Phi) is 4.80. The van der Waals surface area contributed by atoms with Crippen molar-refractivity contribution in [3.8, 4) is 0 Å². The predicted octanol–water partition coefficient (Wildman–Crippen LogP) is 2.77. The highest BCUT2D eigenvalue weighted by atomic mass is 16.6. The summed E-state index contributed by atoms with van der Waals surface area (Å²) in [7, 11) is 0. The van der Waals surface area contributed by atoms with Crippen LogP contribution in [0.2, 0.25) is 0 Å². The lowest BCUT2D eigenvalue weighted by Gasteiger charge is -2.24. The van der Waals surface area contributed by atoms with E-state index >= 15 is 0 Å². The second-order valence-electron chi connectivity index (χ2n) is 7.00. The molecular weight excluding hydrogens is 370 g/mol. The zero-order chi connectivity index (χ0) is 20.5. The van der Waals surface area contributed by atoms with Crippen molar-refractivity contribution in [1.29, 1.82) is 0 Å². The van der Waals surface area contributed by atoms with E-state index in [4.69, 9.17) is 4.74 Å². The summed E-state index contributed by atoms with van der Waals surface area (Å²) >= 11 is 0. The van der Waals surface area contributed by atoms with Gasteiger partial charge in [-0.25, -0.2) is 4.79 Å². The van der Waals surface area contributed by atoms with Gasteiger partial charge in [0.2, 0.25) is 5.91 Å². The van der Waals surface area contributed by atoms with Gasteiger partial charge in [-0.1, -0.05) is 36.9 Å². The maximum atomic E-state index is 12.7. The lowest BCUT2D eigenvalue weighted by Crippen LogP contribution is -2.44. The van der Waals surface area contributed by atoms with E-state index in [0.29, 0.717) is 24.4 Å². The van der Waals surface area contributed by atoms with E-state index in [2.05, 4.69) is 11.9 Å². The Labute approximate surface area is 168 Å². The number of benzene rings is 2. The molecule has 0 radical (unpaired) electrons. The third-order valence-corrected chi connectivity index (χ3v) is 5.19. The Bertz CT molecular complexity index is 982. The van der Waals surface area contributed by atoms with Gasteiger partial charge in [0.1, 0.15) is 12.6 Å². The Hall–Kier alpha value is -3.61. The standard InChI is InChI=1S/C22H21N3O4/c1-14-18-8-3-4-9-19(18)21(27)25(14)15(2)20(26)23-13-16-6-5-7-17(12-16)24-10-11-29-22(24)28/h3-9,12,15H,1,10-11,13H2,2H3,(H,23,26)/t15-/m0/s1. The van der Waals surface area contributed by atoms with Gasteiger partial charge in [-0.05, 0) is 30.7 Å². The number of ether oxygens (including phenoxy) is 1. The quantitative estimate of drug-likeness (QED) is 0.850. The first-order chi connectivity index (χ1) is 14.0. The highest BCUT2D eigenvalue weighted by molar-refractivity contribution is 6.10. The van der Waals surface area contributed by atoms with Crippen LogP contribution in [0.25, 0.3) is 5.70 Å². The monoisotopic (exact) mass is 391 g/mol. The van der Waals surface area contributed by atoms with Gasteiger partial charge in [0, 0.05) is 29.1 Å². The SMILES string of the molecule is C=C1c2ccccc2C(=O)N1[C@@H](C)C(=O)NCc1cccc(N2CCOC2=O)c1. The summed E-state index contributed by atoms with van der Waals surface area (Å²) in [6.07, 6.45) is -0.370. The minimum Gasteiger partial charge on any atom is -0.447 e. The molecule has 2 aromatic rings. The second-order valence-corrected chi connectivity index (χ2v) is 7.00. The summed E-state index contributed by atoms with van der Waals surface area (Å²) in [5.74, 6) is -0.499. The smallest absolute Gasteiger partial charge is 0.414 e. The van der Waals surface area contributed by atoms with Gasteiger partial charge in [-0.3, -0.25) is 19.4 Å². The number of nitrogens with zero attached hydrogens (tertiary/aromatic N) is 2. The van der Waals surface area contributed by atoms with Crippen molar-refractivity contribution in [3.63, 3.8) is 0 Å². The van der Waals surface area contributed by atoms with E-state index < -0.39 is 6.04 Å². The number of cyclic esters (lactones) is 1. The zero-order valence-corrected chi connectivity index (χ0v) is 16.1. The third kappa shape index (κ3) is 3.35. The number of hydrogen-bond acceptors (Lipinski definition) is 4. The van der Waals surface area contributed by atoms with Crippen LogP contribution in [-0.4, -0.2) is 42.0 Å². The fourth-order valence-electron chi connectivity index (χ4n) is 3.63. The Balaban J connectivity index is 1.42. The van der Waals surface area contributed by atoms with Crippen molar-refractivity contribution >= 4 is 29.3 Å². The molecule has 0 saturated carbocycles. The normalized spacial score (nSPS) is 16.7. The van der Waals surface area contributed by atoms with Crippen LogP contribution in [0.15, 0.2) is 55.1 Å². The molecular formula is C22H21N3O4. The van der Waals surface area contributed by atoms with Crippen molar-refractivity contribution < 1.29 is 19.1 Å². The molecule has 1 N–H and O–H groups in total. The van der Waals surface area contributed by atoms with Crippen LogP contribution < -0.4 is 10.2 Å². The Morgan fingerprint density at radius 2 is 1.93 bits per heavy atom. The largest absolute Gasteiger partial charge is 0.447 e. The van der Waals surface area contributed by atoms with E-state index in [-0.39, 0.29) is 24.5 Å². The number of amides is 3. The number of fused-ring (bicyclic) bond motifs is 1. The highest BCUT2D eigenvalue weighted by Gasteiger charge is 2.36. The fraction of sp³-hybridized carbons (Fsp3) is 0.227. The van der Waals surface area contributed by atoms with Crippen molar-refractivity contribution in [2.24, 2.45) is 0 Å². The maximum Gasteiger partial charge on any atom is 0.414 e. The molecule has 1 saturated heterocycles. The molecule has 3 amide bonds. The second kappa shape index (κ2) is 7.43.